The molecule has 0 amide bonds. The molecular weight excluding hydrogens is 204 g/mol. The van der Waals surface area contributed by atoms with E-state index in [0.29, 0.717) is 11.6 Å². The zero-order chi connectivity index (χ0) is 11.5. The zero-order valence-corrected chi connectivity index (χ0v) is 9.76. The fourth-order valence-corrected chi connectivity index (χ4v) is 2.13. The summed E-state index contributed by atoms with van der Waals surface area (Å²) < 4.78 is 5.47. The predicted molar refractivity (Wildman–Crippen MR) is 63.2 cm³/mol. The quantitative estimate of drug-likeness (QED) is 0.806. The molecule has 5 nitrogen and oxygen atoms in total. The first-order chi connectivity index (χ1) is 7.72. The van der Waals surface area contributed by atoms with Crippen molar-refractivity contribution in [2.24, 2.45) is 5.92 Å². The summed E-state index contributed by atoms with van der Waals surface area (Å²) in [5, 5.41) is 0. The number of nitrogens with zero attached hydrogens (tertiary/aromatic N) is 3. The molecule has 1 aliphatic heterocycles. The molecule has 2 heterocycles. The van der Waals surface area contributed by atoms with Crippen molar-refractivity contribution in [1.29, 1.82) is 0 Å². The van der Waals surface area contributed by atoms with Gasteiger partial charge in [-0.25, -0.2) is 9.97 Å². The highest BCUT2D eigenvalue weighted by molar-refractivity contribution is 5.61. The number of aromatic nitrogens is 2. The van der Waals surface area contributed by atoms with Crippen LogP contribution in [-0.4, -0.2) is 36.3 Å². The van der Waals surface area contributed by atoms with Gasteiger partial charge in [0.05, 0.1) is 18.0 Å². The highest BCUT2D eigenvalue weighted by Crippen LogP contribution is 2.26. The standard InChI is InChI=1S/C11H18N4O/c1-8-3-4-15(6-10(8)16-2)11-9(12)5-13-7-14-11/h5,7-8,10H,3-4,6,12H2,1-2H3. The predicted octanol–water partition coefficient (Wildman–Crippen LogP) is 0.920. The number of nitrogen functional groups attached to an aromatic ring is 1. The second-order valence-corrected chi connectivity index (χ2v) is 4.29. The summed E-state index contributed by atoms with van der Waals surface area (Å²) in [5.41, 5.74) is 6.50. The van der Waals surface area contributed by atoms with Crippen molar-refractivity contribution in [3.05, 3.63) is 12.5 Å². The Kier molecular flexibility index (Phi) is 3.24. The summed E-state index contributed by atoms with van der Waals surface area (Å²) in [4.78, 5) is 10.3. The van der Waals surface area contributed by atoms with Crippen molar-refractivity contribution in [1.82, 2.24) is 9.97 Å². The first-order valence-corrected chi connectivity index (χ1v) is 5.55. The van der Waals surface area contributed by atoms with Crippen LogP contribution in [0.1, 0.15) is 13.3 Å². The monoisotopic (exact) mass is 222 g/mol. The number of rotatable bonds is 2. The van der Waals surface area contributed by atoms with E-state index in [2.05, 4.69) is 21.8 Å². The fourth-order valence-electron chi connectivity index (χ4n) is 2.13. The molecule has 1 fully saturated rings. The first-order valence-electron chi connectivity index (χ1n) is 5.55. The molecule has 5 heteroatoms. The molecule has 0 aromatic carbocycles. The molecule has 0 aliphatic carbocycles. The van der Waals surface area contributed by atoms with E-state index < -0.39 is 0 Å². The lowest BCUT2D eigenvalue weighted by molar-refractivity contribution is 0.0497. The normalized spacial score (nSPS) is 25.8. The average Bonchev–Trinajstić information content (AvgIpc) is 2.31. The maximum atomic E-state index is 5.87. The summed E-state index contributed by atoms with van der Waals surface area (Å²) in [5.74, 6) is 1.41. The van der Waals surface area contributed by atoms with Gasteiger partial charge < -0.3 is 15.4 Å². The van der Waals surface area contributed by atoms with Gasteiger partial charge in [0.25, 0.3) is 0 Å². The number of ether oxygens (including phenoxy) is 1. The molecular formula is C11H18N4O. The van der Waals surface area contributed by atoms with Gasteiger partial charge in [0.15, 0.2) is 5.82 Å². The Bertz CT molecular complexity index is 358. The van der Waals surface area contributed by atoms with E-state index in [4.69, 9.17) is 10.5 Å². The highest BCUT2D eigenvalue weighted by Gasteiger charge is 2.27. The third-order valence-electron chi connectivity index (χ3n) is 3.21. The number of piperidine rings is 1. The minimum absolute atomic E-state index is 0.253. The molecule has 16 heavy (non-hydrogen) atoms. The molecule has 0 spiro atoms. The lowest BCUT2D eigenvalue weighted by Gasteiger charge is -2.37. The third kappa shape index (κ3) is 2.09. The van der Waals surface area contributed by atoms with Crippen molar-refractivity contribution < 1.29 is 4.74 Å². The molecule has 88 valence electrons. The Hall–Kier alpha value is -1.36. The molecule has 1 aromatic rings. The lowest BCUT2D eigenvalue weighted by Crippen LogP contribution is -2.44. The van der Waals surface area contributed by atoms with Crippen LogP contribution in [0.25, 0.3) is 0 Å². The summed E-state index contributed by atoms with van der Waals surface area (Å²) >= 11 is 0. The van der Waals surface area contributed by atoms with Crippen LogP contribution >= 0.6 is 0 Å². The van der Waals surface area contributed by atoms with Crippen LogP contribution < -0.4 is 10.6 Å². The van der Waals surface area contributed by atoms with Crippen LogP contribution in [0, 0.1) is 5.92 Å². The summed E-state index contributed by atoms with van der Waals surface area (Å²) in [6, 6.07) is 0. The van der Waals surface area contributed by atoms with Crippen molar-refractivity contribution >= 4 is 11.5 Å². The molecule has 2 rings (SSSR count). The van der Waals surface area contributed by atoms with Crippen molar-refractivity contribution in [2.45, 2.75) is 19.4 Å². The van der Waals surface area contributed by atoms with Crippen LogP contribution in [0.15, 0.2) is 12.5 Å². The van der Waals surface area contributed by atoms with Gasteiger partial charge in [-0.15, -0.1) is 0 Å². The molecule has 1 aromatic heterocycles. The summed E-state index contributed by atoms with van der Waals surface area (Å²) in [6.45, 7) is 4.04. The Balaban J connectivity index is 2.14. The van der Waals surface area contributed by atoms with Gasteiger partial charge in [-0.3, -0.25) is 0 Å². The Morgan fingerprint density at radius 2 is 2.38 bits per heavy atom. The second kappa shape index (κ2) is 4.65. The van der Waals surface area contributed by atoms with E-state index in [1.54, 1.807) is 13.3 Å². The van der Waals surface area contributed by atoms with Crippen molar-refractivity contribution in [2.75, 3.05) is 30.8 Å². The minimum Gasteiger partial charge on any atom is -0.394 e. The van der Waals surface area contributed by atoms with Crippen molar-refractivity contribution in [3.63, 3.8) is 0 Å². The van der Waals surface area contributed by atoms with Crippen LogP contribution in [-0.2, 0) is 4.74 Å². The van der Waals surface area contributed by atoms with Crippen LogP contribution in [0.5, 0.6) is 0 Å². The maximum absolute atomic E-state index is 5.87. The van der Waals surface area contributed by atoms with Gasteiger partial charge in [-0.05, 0) is 12.3 Å². The Morgan fingerprint density at radius 1 is 1.56 bits per heavy atom. The molecule has 0 bridgehead atoms. The second-order valence-electron chi connectivity index (χ2n) is 4.29. The van der Waals surface area contributed by atoms with Crippen LogP contribution in [0.4, 0.5) is 11.5 Å². The van der Waals surface area contributed by atoms with Crippen LogP contribution in [0.3, 0.4) is 0 Å². The molecule has 2 N–H and O–H groups in total. The zero-order valence-electron chi connectivity index (χ0n) is 9.76. The number of methoxy groups -OCH3 is 1. The maximum Gasteiger partial charge on any atom is 0.155 e. The first kappa shape index (κ1) is 11.1. The van der Waals surface area contributed by atoms with E-state index in [1.165, 1.54) is 6.33 Å². The van der Waals surface area contributed by atoms with Gasteiger partial charge >= 0.3 is 0 Å². The minimum atomic E-state index is 0.253. The number of nitrogens with two attached hydrogens (primary N) is 1. The molecule has 1 saturated heterocycles. The van der Waals surface area contributed by atoms with E-state index >= 15 is 0 Å². The largest absolute Gasteiger partial charge is 0.394 e. The van der Waals surface area contributed by atoms with Gasteiger partial charge in [-0.2, -0.15) is 0 Å². The van der Waals surface area contributed by atoms with Gasteiger partial charge in [0.1, 0.15) is 6.33 Å². The summed E-state index contributed by atoms with van der Waals surface area (Å²) in [7, 11) is 1.76. The lowest BCUT2D eigenvalue weighted by atomic mass is 9.96. The van der Waals surface area contributed by atoms with E-state index in [9.17, 15) is 0 Å². The fraction of sp³-hybridized carbons (Fsp3) is 0.636. The average molecular weight is 222 g/mol. The highest BCUT2D eigenvalue weighted by atomic mass is 16.5. The topological polar surface area (TPSA) is 64.3 Å². The summed E-state index contributed by atoms with van der Waals surface area (Å²) in [6.07, 6.45) is 4.53. The molecule has 2 atom stereocenters. The molecule has 0 radical (unpaired) electrons. The van der Waals surface area contributed by atoms with E-state index in [1.807, 2.05) is 0 Å². The number of hydrogen-bond donors (Lipinski definition) is 1. The molecule has 0 saturated carbocycles. The van der Waals surface area contributed by atoms with E-state index in [0.717, 1.165) is 25.3 Å². The molecule has 2 unspecified atom stereocenters. The SMILES string of the molecule is COC1CN(c2ncncc2N)CCC1C. The van der Waals surface area contributed by atoms with Crippen molar-refractivity contribution in [3.8, 4) is 0 Å². The van der Waals surface area contributed by atoms with Gasteiger partial charge in [0.2, 0.25) is 0 Å². The van der Waals surface area contributed by atoms with Gasteiger partial charge in [-0.1, -0.05) is 6.92 Å². The number of anilines is 2. The Morgan fingerprint density at radius 3 is 3.06 bits per heavy atom. The van der Waals surface area contributed by atoms with E-state index in [-0.39, 0.29) is 6.10 Å². The smallest absolute Gasteiger partial charge is 0.155 e. The Labute approximate surface area is 95.6 Å². The molecule has 1 aliphatic rings. The number of hydrogen-bond acceptors (Lipinski definition) is 5. The van der Waals surface area contributed by atoms with Crippen LogP contribution in [0.2, 0.25) is 0 Å². The third-order valence-corrected chi connectivity index (χ3v) is 3.21. The van der Waals surface area contributed by atoms with Gasteiger partial charge in [0, 0.05) is 20.2 Å².